The minimum absolute atomic E-state index is 0.0988. The average molecular weight is 455 g/mol. The fourth-order valence-corrected chi connectivity index (χ4v) is 6.32. The Morgan fingerprint density at radius 2 is 1.42 bits per heavy atom. The van der Waals surface area contributed by atoms with Crippen molar-refractivity contribution < 1.29 is 19.5 Å². The molecule has 2 aliphatic heterocycles. The highest BCUT2D eigenvalue weighted by atomic mass is 32.2. The smallest absolute Gasteiger partial charge is 0.327 e. The van der Waals surface area contributed by atoms with E-state index in [2.05, 4.69) is 12.2 Å². The Balaban J connectivity index is 1.49. The van der Waals surface area contributed by atoms with Gasteiger partial charge in [-0.25, -0.2) is 4.79 Å². The summed E-state index contributed by atoms with van der Waals surface area (Å²) >= 11 is 1.46. The first-order valence-corrected chi connectivity index (χ1v) is 13.2. The molecule has 0 spiro atoms. The number of β-lactam (4-membered cyclic amide) rings is 1. The fourth-order valence-electron chi connectivity index (χ4n) is 4.69. The highest BCUT2D eigenvalue weighted by molar-refractivity contribution is 8.01. The van der Waals surface area contributed by atoms with E-state index in [0.717, 1.165) is 19.3 Å². The lowest BCUT2D eigenvalue weighted by atomic mass is 9.96. The number of hydrogen-bond donors (Lipinski definition) is 2. The van der Waals surface area contributed by atoms with E-state index < -0.39 is 22.8 Å². The molecule has 3 atom stereocenters. The SMILES string of the molecule is CCCCCCCCCCCCCCCC(=O)N[C@@H]1C(=O)N2[C@@H]1SC(C)(C)[C@@H]2C(=O)O. The van der Waals surface area contributed by atoms with Gasteiger partial charge >= 0.3 is 5.97 Å². The van der Waals surface area contributed by atoms with Crippen molar-refractivity contribution in [2.24, 2.45) is 0 Å². The summed E-state index contributed by atoms with van der Waals surface area (Å²) in [4.78, 5) is 37.6. The van der Waals surface area contributed by atoms with Crippen LogP contribution >= 0.6 is 11.8 Å². The molecule has 2 rings (SSSR count). The van der Waals surface area contributed by atoms with Gasteiger partial charge in [0.2, 0.25) is 11.8 Å². The van der Waals surface area contributed by atoms with Crippen molar-refractivity contribution in [2.45, 2.75) is 133 Å². The molecule has 0 aromatic rings. The Labute approximate surface area is 192 Å². The van der Waals surface area contributed by atoms with Crippen molar-refractivity contribution in [3.8, 4) is 0 Å². The molecule has 2 amide bonds. The lowest BCUT2D eigenvalue weighted by Gasteiger charge is -2.43. The number of carbonyl (C=O) groups is 3. The first-order chi connectivity index (χ1) is 14.8. The molecular formula is C24H42N2O4S. The van der Waals surface area contributed by atoms with E-state index in [1.54, 1.807) is 0 Å². The van der Waals surface area contributed by atoms with E-state index in [1.165, 1.54) is 80.9 Å². The summed E-state index contributed by atoms with van der Waals surface area (Å²) in [5.74, 6) is -1.35. The van der Waals surface area contributed by atoms with Gasteiger partial charge in [-0.3, -0.25) is 9.59 Å². The Morgan fingerprint density at radius 3 is 1.90 bits per heavy atom. The number of carbonyl (C=O) groups excluding carboxylic acids is 2. The summed E-state index contributed by atoms with van der Waals surface area (Å²) in [6.07, 6.45) is 16.9. The standard InChI is InChI=1S/C24H42N2O4S/c1-4-5-6-7-8-9-10-11-12-13-14-15-16-17-18(27)25-19-21(28)26-20(23(29)30)24(2,3)31-22(19)26/h19-20,22H,4-17H2,1-3H3,(H,25,27)(H,29,30)/t19-,20+,22-/m1/s1. The van der Waals surface area contributed by atoms with Crippen LogP contribution in [0.1, 0.15) is 111 Å². The maximum Gasteiger partial charge on any atom is 0.327 e. The van der Waals surface area contributed by atoms with Gasteiger partial charge in [0.05, 0.1) is 0 Å². The fraction of sp³-hybridized carbons (Fsp3) is 0.875. The predicted octanol–water partition coefficient (Wildman–Crippen LogP) is 5.10. The molecule has 0 aliphatic carbocycles. The predicted molar refractivity (Wildman–Crippen MR) is 126 cm³/mol. The zero-order valence-corrected chi connectivity index (χ0v) is 20.5. The number of fused-ring (bicyclic) bond motifs is 1. The minimum atomic E-state index is -0.981. The van der Waals surface area contributed by atoms with E-state index in [-0.39, 0.29) is 17.2 Å². The van der Waals surface area contributed by atoms with Crippen LogP contribution in [0.25, 0.3) is 0 Å². The van der Waals surface area contributed by atoms with Gasteiger partial charge in [0.15, 0.2) is 0 Å². The molecule has 178 valence electrons. The Hall–Kier alpha value is -1.24. The van der Waals surface area contributed by atoms with Gasteiger partial charge in [-0.05, 0) is 20.3 Å². The highest BCUT2D eigenvalue weighted by Crippen LogP contribution is 2.50. The molecule has 2 saturated heterocycles. The molecule has 0 unspecified atom stereocenters. The van der Waals surface area contributed by atoms with Crippen LogP contribution in [0.2, 0.25) is 0 Å². The number of amides is 2. The lowest BCUT2D eigenvalue weighted by Crippen LogP contribution is -2.70. The zero-order valence-electron chi connectivity index (χ0n) is 19.7. The van der Waals surface area contributed by atoms with Crippen molar-refractivity contribution in [1.29, 1.82) is 0 Å². The molecule has 0 aromatic carbocycles. The van der Waals surface area contributed by atoms with E-state index in [0.29, 0.717) is 6.42 Å². The summed E-state index contributed by atoms with van der Waals surface area (Å²) in [6.45, 7) is 5.94. The molecular weight excluding hydrogens is 412 g/mol. The van der Waals surface area contributed by atoms with Gasteiger partial charge in [-0.15, -0.1) is 11.8 Å². The minimum Gasteiger partial charge on any atom is -0.480 e. The first kappa shape index (κ1) is 26.0. The number of unbranched alkanes of at least 4 members (excludes halogenated alkanes) is 12. The third-order valence-electron chi connectivity index (χ3n) is 6.50. The molecule has 2 heterocycles. The van der Waals surface area contributed by atoms with Crippen LogP contribution in [0.3, 0.4) is 0 Å². The van der Waals surface area contributed by atoms with Crippen molar-refractivity contribution in [2.75, 3.05) is 0 Å². The van der Waals surface area contributed by atoms with Crippen LogP contribution in [0, 0.1) is 0 Å². The van der Waals surface area contributed by atoms with Crippen molar-refractivity contribution >= 4 is 29.5 Å². The average Bonchev–Trinajstić information content (AvgIpc) is 2.97. The van der Waals surface area contributed by atoms with Gasteiger partial charge in [0, 0.05) is 11.2 Å². The zero-order chi connectivity index (χ0) is 22.9. The van der Waals surface area contributed by atoms with Gasteiger partial charge in [-0.1, -0.05) is 84.0 Å². The van der Waals surface area contributed by atoms with Crippen molar-refractivity contribution in [1.82, 2.24) is 10.2 Å². The lowest BCUT2D eigenvalue weighted by molar-refractivity contribution is -0.161. The maximum absolute atomic E-state index is 12.4. The Morgan fingerprint density at radius 1 is 0.935 bits per heavy atom. The third kappa shape index (κ3) is 7.40. The summed E-state index contributed by atoms with van der Waals surface area (Å²) in [7, 11) is 0. The third-order valence-corrected chi connectivity index (χ3v) is 8.07. The maximum atomic E-state index is 12.4. The monoisotopic (exact) mass is 454 g/mol. The quantitative estimate of drug-likeness (QED) is 0.250. The molecule has 2 N–H and O–H groups in total. The molecule has 6 nitrogen and oxygen atoms in total. The first-order valence-electron chi connectivity index (χ1n) is 12.3. The van der Waals surface area contributed by atoms with Crippen molar-refractivity contribution in [3.05, 3.63) is 0 Å². The topological polar surface area (TPSA) is 86.7 Å². The second-order valence-corrected chi connectivity index (χ2v) is 11.4. The number of rotatable bonds is 16. The van der Waals surface area contributed by atoms with E-state index in [1.807, 2.05) is 13.8 Å². The van der Waals surface area contributed by atoms with Crippen LogP contribution in [0.4, 0.5) is 0 Å². The van der Waals surface area contributed by atoms with E-state index >= 15 is 0 Å². The number of aliphatic carboxylic acids is 1. The number of carboxylic acids is 1. The van der Waals surface area contributed by atoms with Crippen LogP contribution in [0.15, 0.2) is 0 Å². The molecule has 2 fully saturated rings. The summed E-state index contributed by atoms with van der Waals surface area (Å²) in [5.41, 5.74) is 0. The molecule has 7 heteroatoms. The molecule has 0 aromatic heterocycles. The van der Waals surface area contributed by atoms with Gasteiger partial charge in [0.25, 0.3) is 0 Å². The van der Waals surface area contributed by atoms with Crippen molar-refractivity contribution in [3.63, 3.8) is 0 Å². The number of thioether (sulfide) groups is 1. The second kappa shape index (κ2) is 12.7. The van der Waals surface area contributed by atoms with Crippen LogP contribution in [-0.4, -0.2) is 50.0 Å². The largest absolute Gasteiger partial charge is 0.480 e. The summed E-state index contributed by atoms with van der Waals surface area (Å²) in [6, 6.07) is -1.41. The molecule has 0 radical (unpaired) electrons. The van der Waals surface area contributed by atoms with Crippen LogP contribution in [-0.2, 0) is 14.4 Å². The molecule has 0 saturated carbocycles. The van der Waals surface area contributed by atoms with E-state index in [9.17, 15) is 19.5 Å². The van der Waals surface area contributed by atoms with E-state index in [4.69, 9.17) is 0 Å². The summed E-state index contributed by atoms with van der Waals surface area (Å²) in [5, 5.41) is 12.0. The number of hydrogen-bond acceptors (Lipinski definition) is 4. The van der Waals surface area contributed by atoms with Crippen LogP contribution in [0.5, 0.6) is 0 Å². The highest BCUT2D eigenvalue weighted by Gasteiger charge is 2.64. The molecule has 31 heavy (non-hydrogen) atoms. The van der Waals surface area contributed by atoms with Gasteiger partial charge in [-0.2, -0.15) is 0 Å². The number of nitrogens with one attached hydrogen (secondary N) is 1. The van der Waals surface area contributed by atoms with Gasteiger partial charge in [0.1, 0.15) is 17.5 Å². The normalized spacial score (nSPS) is 24.0. The molecule has 2 aliphatic rings. The Bertz CT molecular complexity index is 610. The second-order valence-electron chi connectivity index (χ2n) is 9.64. The van der Waals surface area contributed by atoms with Crippen LogP contribution < -0.4 is 5.32 Å². The molecule has 0 bridgehead atoms. The number of nitrogens with zero attached hydrogens (tertiary/aromatic N) is 1. The van der Waals surface area contributed by atoms with Gasteiger partial charge < -0.3 is 15.3 Å². The number of carboxylic acid groups (broad SMARTS) is 1. The Kier molecular flexibility index (Phi) is 10.7. The summed E-state index contributed by atoms with van der Waals surface area (Å²) < 4.78 is -0.555.